The Hall–Kier alpha value is -2.58. The normalized spacial score (nSPS) is 10.0. The molecule has 0 aliphatic carbocycles. The van der Waals surface area contributed by atoms with Gasteiger partial charge in [0.25, 0.3) is 0 Å². The van der Waals surface area contributed by atoms with Gasteiger partial charge in [-0.3, -0.25) is 0 Å². The van der Waals surface area contributed by atoms with Crippen molar-refractivity contribution < 1.29 is 4.84 Å². The molecule has 3 aromatic carbocycles. The molecule has 3 aromatic rings. The first kappa shape index (κ1) is 14.4. The quantitative estimate of drug-likeness (QED) is 0.481. The summed E-state index contributed by atoms with van der Waals surface area (Å²) in [6.45, 7) is 0. The maximum absolute atomic E-state index is 5.87. The number of oxime groups is 1. The van der Waals surface area contributed by atoms with Crippen LogP contribution in [-0.4, -0.2) is 5.71 Å². The Morgan fingerprint density at radius 1 is 0.682 bits per heavy atom. The van der Waals surface area contributed by atoms with Crippen LogP contribution < -0.4 is 4.84 Å². The maximum Gasteiger partial charge on any atom is 0.158 e. The molecule has 0 N–H and O–H groups in total. The Kier molecular flexibility index (Phi) is 4.52. The van der Waals surface area contributed by atoms with Crippen molar-refractivity contribution in [3.8, 4) is 5.75 Å². The van der Waals surface area contributed by atoms with Crippen LogP contribution in [0.2, 0.25) is 5.02 Å². The molecule has 0 saturated carbocycles. The van der Waals surface area contributed by atoms with E-state index in [-0.39, 0.29) is 0 Å². The summed E-state index contributed by atoms with van der Waals surface area (Å²) in [5, 5.41) is 5.01. The summed E-state index contributed by atoms with van der Waals surface area (Å²) < 4.78 is 0. The summed E-state index contributed by atoms with van der Waals surface area (Å²) in [7, 11) is 0. The molecular weight excluding hydrogens is 294 g/mol. The smallest absolute Gasteiger partial charge is 0.158 e. The molecule has 3 rings (SSSR count). The van der Waals surface area contributed by atoms with Gasteiger partial charge in [-0.15, -0.1) is 0 Å². The fourth-order valence-corrected chi connectivity index (χ4v) is 2.18. The first-order valence-corrected chi connectivity index (χ1v) is 7.32. The molecule has 0 radical (unpaired) electrons. The van der Waals surface area contributed by atoms with Crippen LogP contribution in [0.3, 0.4) is 0 Å². The number of halogens is 1. The van der Waals surface area contributed by atoms with Gasteiger partial charge in [-0.25, -0.2) is 0 Å². The van der Waals surface area contributed by atoms with Crippen molar-refractivity contribution in [2.75, 3.05) is 0 Å². The van der Waals surface area contributed by atoms with E-state index in [1.807, 2.05) is 60.7 Å². The maximum atomic E-state index is 5.87. The Morgan fingerprint density at radius 2 is 1.18 bits per heavy atom. The Labute approximate surface area is 134 Å². The Balaban J connectivity index is 1.95. The van der Waals surface area contributed by atoms with Crippen LogP contribution in [0.15, 0.2) is 90.1 Å². The molecular formula is C19H14ClNO. The topological polar surface area (TPSA) is 21.6 Å². The van der Waals surface area contributed by atoms with Gasteiger partial charge in [-0.2, -0.15) is 0 Å². The molecule has 0 saturated heterocycles. The average molecular weight is 308 g/mol. The molecule has 0 atom stereocenters. The number of hydrogen-bond acceptors (Lipinski definition) is 2. The van der Waals surface area contributed by atoms with Crippen LogP contribution in [0.4, 0.5) is 0 Å². The van der Waals surface area contributed by atoms with Crippen LogP contribution in [0.25, 0.3) is 0 Å². The summed E-state index contributed by atoms with van der Waals surface area (Å²) >= 11 is 5.87. The van der Waals surface area contributed by atoms with Crippen LogP contribution in [0.1, 0.15) is 11.1 Å². The minimum Gasteiger partial charge on any atom is -0.356 e. The van der Waals surface area contributed by atoms with Crippen molar-refractivity contribution >= 4 is 17.3 Å². The molecule has 0 unspecified atom stereocenters. The molecule has 0 fully saturated rings. The third kappa shape index (κ3) is 3.54. The average Bonchev–Trinajstić information content (AvgIpc) is 2.59. The summed E-state index contributed by atoms with van der Waals surface area (Å²) in [5.74, 6) is 0.647. The second-order valence-electron chi connectivity index (χ2n) is 4.72. The first-order chi connectivity index (χ1) is 10.8. The van der Waals surface area contributed by atoms with Crippen molar-refractivity contribution in [3.05, 3.63) is 101 Å². The highest BCUT2D eigenvalue weighted by atomic mass is 35.5. The van der Waals surface area contributed by atoms with E-state index in [9.17, 15) is 0 Å². The Bertz CT molecular complexity index is 711. The second kappa shape index (κ2) is 6.92. The van der Waals surface area contributed by atoms with Gasteiger partial charge in [0.2, 0.25) is 0 Å². The Morgan fingerprint density at radius 3 is 1.68 bits per heavy atom. The number of rotatable bonds is 4. The lowest BCUT2D eigenvalue weighted by atomic mass is 10.0. The SMILES string of the molecule is Clc1ccc(ON=C(c2ccccc2)c2ccccc2)cc1. The zero-order valence-corrected chi connectivity index (χ0v) is 12.6. The van der Waals surface area contributed by atoms with E-state index in [0.717, 1.165) is 16.8 Å². The van der Waals surface area contributed by atoms with Crippen LogP contribution in [0, 0.1) is 0 Å². The van der Waals surface area contributed by atoms with Crippen molar-refractivity contribution in [1.82, 2.24) is 0 Å². The van der Waals surface area contributed by atoms with E-state index in [1.54, 1.807) is 24.3 Å². The van der Waals surface area contributed by atoms with Gasteiger partial charge < -0.3 is 4.84 Å². The minimum absolute atomic E-state index is 0.647. The molecule has 2 nitrogen and oxygen atoms in total. The largest absolute Gasteiger partial charge is 0.356 e. The number of benzene rings is 3. The highest BCUT2D eigenvalue weighted by Crippen LogP contribution is 2.17. The molecule has 0 bridgehead atoms. The van der Waals surface area contributed by atoms with E-state index in [4.69, 9.17) is 16.4 Å². The standard InChI is InChI=1S/C19H14ClNO/c20-17-11-13-18(14-12-17)22-21-19(15-7-3-1-4-8-15)16-9-5-2-6-10-16/h1-14H. The van der Waals surface area contributed by atoms with E-state index >= 15 is 0 Å². The molecule has 22 heavy (non-hydrogen) atoms. The van der Waals surface area contributed by atoms with Crippen molar-refractivity contribution in [3.63, 3.8) is 0 Å². The summed E-state index contributed by atoms with van der Waals surface area (Å²) in [5.41, 5.74) is 2.79. The van der Waals surface area contributed by atoms with E-state index in [1.165, 1.54) is 0 Å². The van der Waals surface area contributed by atoms with Crippen LogP contribution >= 0.6 is 11.6 Å². The second-order valence-corrected chi connectivity index (χ2v) is 5.15. The van der Waals surface area contributed by atoms with Crippen molar-refractivity contribution in [1.29, 1.82) is 0 Å². The number of hydrogen-bond donors (Lipinski definition) is 0. The third-order valence-electron chi connectivity index (χ3n) is 3.15. The zero-order valence-electron chi connectivity index (χ0n) is 11.8. The predicted molar refractivity (Wildman–Crippen MR) is 90.6 cm³/mol. The molecule has 108 valence electrons. The minimum atomic E-state index is 0.647. The summed E-state index contributed by atoms with van der Waals surface area (Å²) in [6.07, 6.45) is 0. The lowest BCUT2D eigenvalue weighted by Gasteiger charge is -2.07. The molecule has 0 spiro atoms. The summed E-state index contributed by atoms with van der Waals surface area (Å²) in [6, 6.07) is 27.1. The van der Waals surface area contributed by atoms with E-state index < -0.39 is 0 Å². The van der Waals surface area contributed by atoms with Gasteiger partial charge in [-0.1, -0.05) is 77.4 Å². The zero-order chi connectivity index (χ0) is 15.2. The fourth-order valence-electron chi connectivity index (χ4n) is 2.06. The van der Waals surface area contributed by atoms with Gasteiger partial charge in [0.05, 0.1) is 0 Å². The van der Waals surface area contributed by atoms with Crippen molar-refractivity contribution in [2.45, 2.75) is 0 Å². The van der Waals surface area contributed by atoms with Crippen molar-refractivity contribution in [2.24, 2.45) is 5.16 Å². The molecule has 0 aliphatic heterocycles. The highest BCUT2D eigenvalue weighted by Gasteiger charge is 2.07. The van der Waals surface area contributed by atoms with Crippen LogP contribution in [-0.2, 0) is 0 Å². The first-order valence-electron chi connectivity index (χ1n) is 6.94. The molecule has 0 amide bonds. The molecule has 0 heterocycles. The van der Waals surface area contributed by atoms with Gasteiger partial charge in [0.1, 0.15) is 5.71 Å². The monoisotopic (exact) mass is 307 g/mol. The van der Waals surface area contributed by atoms with E-state index in [0.29, 0.717) is 10.8 Å². The third-order valence-corrected chi connectivity index (χ3v) is 3.40. The predicted octanol–water partition coefficient (Wildman–Crippen LogP) is 5.17. The lowest BCUT2D eigenvalue weighted by Crippen LogP contribution is -2.05. The lowest BCUT2D eigenvalue weighted by molar-refractivity contribution is 0.342. The summed E-state index contributed by atoms with van der Waals surface area (Å²) in [4.78, 5) is 5.56. The number of nitrogens with zero attached hydrogens (tertiary/aromatic N) is 1. The van der Waals surface area contributed by atoms with E-state index in [2.05, 4.69) is 5.16 Å². The van der Waals surface area contributed by atoms with Crippen LogP contribution in [0.5, 0.6) is 5.75 Å². The molecule has 0 aliphatic rings. The highest BCUT2D eigenvalue weighted by molar-refractivity contribution is 6.30. The van der Waals surface area contributed by atoms with Gasteiger partial charge >= 0.3 is 0 Å². The van der Waals surface area contributed by atoms with Gasteiger partial charge in [-0.05, 0) is 24.3 Å². The molecule has 0 aromatic heterocycles. The fraction of sp³-hybridized carbons (Fsp3) is 0. The van der Waals surface area contributed by atoms with Gasteiger partial charge in [0, 0.05) is 16.1 Å². The van der Waals surface area contributed by atoms with Gasteiger partial charge in [0.15, 0.2) is 5.75 Å². The molecule has 3 heteroatoms.